The Hall–Kier alpha value is -2.28. The third-order valence-electron chi connectivity index (χ3n) is 2.32. The first-order valence-corrected chi connectivity index (χ1v) is 4.85. The number of amides is 2. The topological polar surface area (TPSA) is 49.4 Å². The standard InChI is InChI=1S/C12H10N2O2/c1-2-5-12(16)14-8-11(15)13-9-6-3-4-7-10(9)14/h1,3-4,6-7H,5,8H2,(H,13,15). The van der Waals surface area contributed by atoms with Crippen LogP contribution in [0.25, 0.3) is 0 Å². The van der Waals surface area contributed by atoms with Crippen molar-refractivity contribution in [1.29, 1.82) is 0 Å². The Labute approximate surface area is 93.2 Å². The first-order chi connectivity index (χ1) is 7.72. The van der Waals surface area contributed by atoms with E-state index in [1.165, 1.54) is 4.90 Å². The Morgan fingerprint density at radius 2 is 2.25 bits per heavy atom. The Balaban J connectivity index is 2.38. The molecule has 2 rings (SSSR count). The van der Waals surface area contributed by atoms with Crippen molar-refractivity contribution < 1.29 is 9.59 Å². The van der Waals surface area contributed by atoms with Gasteiger partial charge in [0.05, 0.1) is 17.8 Å². The first kappa shape index (κ1) is 10.2. The van der Waals surface area contributed by atoms with E-state index in [1.807, 2.05) is 6.07 Å². The van der Waals surface area contributed by atoms with Crippen LogP contribution < -0.4 is 10.2 Å². The normalized spacial score (nSPS) is 13.7. The van der Waals surface area contributed by atoms with Crippen LogP contribution >= 0.6 is 0 Å². The van der Waals surface area contributed by atoms with Crippen LogP contribution in [0, 0.1) is 12.3 Å². The van der Waals surface area contributed by atoms with Crippen molar-refractivity contribution >= 4 is 23.2 Å². The molecule has 1 aliphatic rings. The number of fused-ring (bicyclic) bond motifs is 1. The number of terminal acetylenes is 1. The van der Waals surface area contributed by atoms with Gasteiger partial charge in [0.25, 0.3) is 0 Å². The van der Waals surface area contributed by atoms with Gasteiger partial charge < -0.3 is 10.2 Å². The lowest BCUT2D eigenvalue weighted by atomic mass is 10.2. The zero-order valence-corrected chi connectivity index (χ0v) is 8.56. The number of rotatable bonds is 1. The molecule has 0 saturated carbocycles. The van der Waals surface area contributed by atoms with Gasteiger partial charge in [-0.05, 0) is 12.1 Å². The second-order valence-electron chi connectivity index (χ2n) is 3.43. The van der Waals surface area contributed by atoms with Gasteiger partial charge in [-0.1, -0.05) is 18.1 Å². The molecule has 0 fully saturated rings. The predicted octanol–water partition coefficient (Wildman–Crippen LogP) is 0.995. The average Bonchev–Trinajstić information content (AvgIpc) is 2.28. The summed E-state index contributed by atoms with van der Waals surface area (Å²) in [6.07, 6.45) is 5.09. The summed E-state index contributed by atoms with van der Waals surface area (Å²) >= 11 is 0. The molecule has 4 nitrogen and oxygen atoms in total. The van der Waals surface area contributed by atoms with Crippen molar-refractivity contribution in [2.45, 2.75) is 6.42 Å². The molecule has 0 aromatic heterocycles. The number of carbonyl (C=O) groups is 2. The second kappa shape index (κ2) is 4.07. The molecule has 16 heavy (non-hydrogen) atoms. The van der Waals surface area contributed by atoms with Crippen LogP contribution in [0.4, 0.5) is 11.4 Å². The highest BCUT2D eigenvalue weighted by Gasteiger charge is 2.25. The molecule has 1 aromatic carbocycles. The van der Waals surface area contributed by atoms with Gasteiger partial charge in [0.2, 0.25) is 11.8 Å². The van der Waals surface area contributed by atoms with E-state index in [1.54, 1.807) is 18.2 Å². The van der Waals surface area contributed by atoms with E-state index in [4.69, 9.17) is 6.42 Å². The lowest BCUT2D eigenvalue weighted by Crippen LogP contribution is -2.41. The van der Waals surface area contributed by atoms with Crippen LogP contribution in [-0.4, -0.2) is 18.4 Å². The van der Waals surface area contributed by atoms with Crippen molar-refractivity contribution in [2.24, 2.45) is 0 Å². The van der Waals surface area contributed by atoms with E-state index in [0.717, 1.165) is 0 Å². The summed E-state index contributed by atoms with van der Waals surface area (Å²) in [6.45, 7) is 0.0253. The Kier molecular flexibility index (Phi) is 2.61. The minimum atomic E-state index is -0.232. The van der Waals surface area contributed by atoms with Gasteiger partial charge in [-0.15, -0.1) is 6.42 Å². The van der Waals surface area contributed by atoms with Crippen LogP contribution in [0.1, 0.15) is 6.42 Å². The maximum Gasteiger partial charge on any atom is 0.244 e. The summed E-state index contributed by atoms with van der Waals surface area (Å²) in [4.78, 5) is 24.5. The van der Waals surface area contributed by atoms with Gasteiger partial charge >= 0.3 is 0 Å². The Morgan fingerprint density at radius 3 is 3.00 bits per heavy atom. The lowest BCUT2D eigenvalue weighted by molar-refractivity contribution is -0.121. The molecule has 1 heterocycles. The molecule has 0 aliphatic carbocycles. The molecule has 0 saturated heterocycles. The van der Waals surface area contributed by atoms with Gasteiger partial charge in [0.15, 0.2) is 0 Å². The minimum absolute atomic E-state index is 0.00160. The van der Waals surface area contributed by atoms with E-state index in [2.05, 4.69) is 11.2 Å². The van der Waals surface area contributed by atoms with Gasteiger partial charge in [0, 0.05) is 0 Å². The Morgan fingerprint density at radius 1 is 1.50 bits per heavy atom. The predicted molar refractivity (Wildman–Crippen MR) is 60.9 cm³/mol. The highest BCUT2D eigenvalue weighted by atomic mass is 16.2. The largest absolute Gasteiger partial charge is 0.323 e. The van der Waals surface area contributed by atoms with Crippen molar-refractivity contribution in [3.63, 3.8) is 0 Å². The smallest absolute Gasteiger partial charge is 0.244 e. The zero-order valence-electron chi connectivity index (χ0n) is 8.56. The van der Waals surface area contributed by atoms with Crippen LogP contribution in [0.2, 0.25) is 0 Å². The van der Waals surface area contributed by atoms with E-state index < -0.39 is 0 Å². The maximum absolute atomic E-state index is 11.7. The van der Waals surface area contributed by atoms with Crippen molar-refractivity contribution in [3.05, 3.63) is 24.3 Å². The molecule has 0 radical (unpaired) electrons. The molecule has 0 spiro atoms. The Bertz CT molecular complexity index is 488. The number of hydrogen-bond acceptors (Lipinski definition) is 2. The van der Waals surface area contributed by atoms with Gasteiger partial charge in [-0.2, -0.15) is 0 Å². The monoisotopic (exact) mass is 214 g/mol. The molecule has 80 valence electrons. The molecule has 0 unspecified atom stereocenters. The third-order valence-corrected chi connectivity index (χ3v) is 2.32. The van der Waals surface area contributed by atoms with Crippen LogP contribution in [0.3, 0.4) is 0 Å². The van der Waals surface area contributed by atoms with Gasteiger partial charge in [-0.25, -0.2) is 0 Å². The third kappa shape index (κ3) is 1.75. The summed E-state index contributed by atoms with van der Waals surface area (Å²) in [7, 11) is 0. The van der Waals surface area contributed by atoms with E-state index in [0.29, 0.717) is 11.4 Å². The first-order valence-electron chi connectivity index (χ1n) is 4.85. The zero-order chi connectivity index (χ0) is 11.5. The quantitative estimate of drug-likeness (QED) is 0.709. The summed E-state index contributed by atoms with van der Waals surface area (Å²) in [5.74, 6) is 1.85. The molecule has 4 heteroatoms. The van der Waals surface area contributed by atoms with Crippen LogP contribution in [0.5, 0.6) is 0 Å². The minimum Gasteiger partial charge on any atom is -0.323 e. The van der Waals surface area contributed by atoms with Gasteiger partial charge in [-0.3, -0.25) is 9.59 Å². The van der Waals surface area contributed by atoms with Gasteiger partial charge in [0.1, 0.15) is 6.54 Å². The van der Waals surface area contributed by atoms with Crippen molar-refractivity contribution in [1.82, 2.24) is 0 Å². The second-order valence-corrected chi connectivity index (χ2v) is 3.43. The number of carbonyl (C=O) groups excluding carboxylic acids is 2. The van der Waals surface area contributed by atoms with E-state index in [9.17, 15) is 9.59 Å². The highest BCUT2D eigenvalue weighted by Crippen LogP contribution is 2.28. The fourth-order valence-electron chi connectivity index (χ4n) is 1.64. The fourth-order valence-corrected chi connectivity index (χ4v) is 1.64. The summed E-state index contributed by atoms with van der Waals surface area (Å²) in [6, 6.07) is 7.15. The highest BCUT2D eigenvalue weighted by molar-refractivity contribution is 6.10. The summed E-state index contributed by atoms with van der Waals surface area (Å²) in [5.41, 5.74) is 1.34. The number of anilines is 2. The molecular weight excluding hydrogens is 204 g/mol. The molecular formula is C12H10N2O2. The number of hydrogen-bond donors (Lipinski definition) is 1. The lowest BCUT2D eigenvalue weighted by Gasteiger charge is -2.28. The molecule has 2 amide bonds. The maximum atomic E-state index is 11.7. The molecule has 1 aliphatic heterocycles. The molecule has 0 bridgehead atoms. The number of nitrogens with zero attached hydrogens (tertiary/aromatic N) is 1. The van der Waals surface area contributed by atoms with Crippen molar-refractivity contribution in [2.75, 3.05) is 16.8 Å². The van der Waals surface area contributed by atoms with Crippen molar-refractivity contribution in [3.8, 4) is 12.3 Å². The SMILES string of the molecule is C#CCC(=O)N1CC(=O)Nc2ccccc21. The number of benzene rings is 1. The molecule has 1 N–H and O–H groups in total. The summed E-state index contributed by atoms with van der Waals surface area (Å²) in [5, 5.41) is 2.70. The number of para-hydroxylation sites is 2. The summed E-state index contributed by atoms with van der Waals surface area (Å²) < 4.78 is 0. The van der Waals surface area contributed by atoms with E-state index >= 15 is 0 Å². The number of nitrogens with one attached hydrogen (secondary N) is 1. The molecule has 0 atom stereocenters. The fraction of sp³-hybridized carbons (Fsp3) is 0.167. The van der Waals surface area contributed by atoms with Crippen LogP contribution in [0.15, 0.2) is 24.3 Å². The average molecular weight is 214 g/mol. The van der Waals surface area contributed by atoms with E-state index in [-0.39, 0.29) is 24.8 Å². The van der Waals surface area contributed by atoms with Crippen LogP contribution in [-0.2, 0) is 9.59 Å². The molecule has 1 aromatic rings.